The third kappa shape index (κ3) is 5.23. The van der Waals surface area contributed by atoms with Crippen molar-refractivity contribution in [3.8, 4) is 0 Å². The topological polar surface area (TPSA) is 26.3 Å². The Balaban J connectivity index is 4.50. The summed E-state index contributed by atoms with van der Waals surface area (Å²) in [6, 6.07) is 0. The molecule has 0 aliphatic heterocycles. The maximum absolute atomic E-state index is 11.3. The lowest BCUT2D eigenvalue weighted by molar-refractivity contribution is -0.138. The number of hydrogen-bond acceptors (Lipinski definition) is 2. The van der Waals surface area contributed by atoms with E-state index in [4.69, 9.17) is 4.74 Å². The molecule has 0 atom stereocenters. The van der Waals surface area contributed by atoms with Gasteiger partial charge in [0.05, 0.1) is 12.2 Å². The van der Waals surface area contributed by atoms with Gasteiger partial charge in [0.1, 0.15) is 0 Å². The van der Waals surface area contributed by atoms with E-state index in [0.29, 0.717) is 18.1 Å². The van der Waals surface area contributed by atoms with E-state index in [1.54, 1.807) is 13.0 Å². The molecule has 0 N–H and O–H groups in total. The molecule has 0 bridgehead atoms. The monoisotopic (exact) mass is 182 g/mol. The van der Waals surface area contributed by atoms with Crippen LogP contribution in [0.5, 0.6) is 0 Å². The van der Waals surface area contributed by atoms with Crippen molar-refractivity contribution in [1.29, 1.82) is 0 Å². The standard InChI is InChI=1S/C11H18O2/c1-5-7-10(8-9(3)4)11(12)13-6-2/h5,7-9H,6H2,1-4H3/b7-5-,10-8+. The number of esters is 1. The quantitative estimate of drug-likeness (QED) is 0.379. The van der Waals surface area contributed by atoms with Gasteiger partial charge in [-0.3, -0.25) is 0 Å². The summed E-state index contributed by atoms with van der Waals surface area (Å²) >= 11 is 0. The molecule has 0 aromatic carbocycles. The van der Waals surface area contributed by atoms with Gasteiger partial charge in [0.25, 0.3) is 0 Å². The Kier molecular flexibility index (Phi) is 5.94. The minimum Gasteiger partial charge on any atom is -0.462 e. The molecule has 0 radical (unpaired) electrons. The summed E-state index contributed by atoms with van der Waals surface area (Å²) in [6.07, 6.45) is 5.52. The van der Waals surface area contributed by atoms with E-state index in [9.17, 15) is 4.79 Å². The van der Waals surface area contributed by atoms with Crippen LogP contribution in [0.15, 0.2) is 23.8 Å². The molecule has 0 aliphatic carbocycles. The Morgan fingerprint density at radius 2 is 2.08 bits per heavy atom. The van der Waals surface area contributed by atoms with Crippen molar-refractivity contribution < 1.29 is 9.53 Å². The first-order valence-corrected chi connectivity index (χ1v) is 4.63. The summed E-state index contributed by atoms with van der Waals surface area (Å²) in [4.78, 5) is 11.3. The lowest BCUT2D eigenvalue weighted by Gasteiger charge is -2.03. The average molecular weight is 182 g/mol. The van der Waals surface area contributed by atoms with Crippen LogP contribution in [0.25, 0.3) is 0 Å². The second kappa shape index (κ2) is 6.46. The summed E-state index contributed by atoms with van der Waals surface area (Å²) in [5.74, 6) is 0.116. The average Bonchev–Trinajstić information content (AvgIpc) is 2.03. The van der Waals surface area contributed by atoms with Gasteiger partial charge in [-0.1, -0.05) is 32.1 Å². The summed E-state index contributed by atoms with van der Waals surface area (Å²) in [5, 5.41) is 0. The zero-order chi connectivity index (χ0) is 10.3. The van der Waals surface area contributed by atoms with Crippen LogP contribution in [0.3, 0.4) is 0 Å². The first-order chi connectivity index (χ1) is 6.11. The number of ether oxygens (including phenoxy) is 1. The highest BCUT2D eigenvalue weighted by atomic mass is 16.5. The summed E-state index contributed by atoms with van der Waals surface area (Å²) < 4.78 is 4.90. The molecule has 0 saturated heterocycles. The summed E-state index contributed by atoms with van der Waals surface area (Å²) in [5.41, 5.74) is 0.638. The van der Waals surface area contributed by atoms with E-state index in [2.05, 4.69) is 0 Å². The maximum Gasteiger partial charge on any atom is 0.337 e. The largest absolute Gasteiger partial charge is 0.462 e. The molecule has 0 amide bonds. The van der Waals surface area contributed by atoms with Gasteiger partial charge in [-0.25, -0.2) is 4.79 Å². The maximum atomic E-state index is 11.3. The van der Waals surface area contributed by atoms with E-state index in [0.717, 1.165) is 0 Å². The van der Waals surface area contributed by atoms with Gasteiger partial charge in [-0.15, -0.1) is 0 Å². The normalized spacial score (nSPS) is 12.5. The molecular formula is C11H18O2. The summed E-state index contributed by atoms with van der Waals surface area (Å²) in [6.45, 7) is 8.17. The molecule has 0 spiro atoms. The zero-order valence-electron chi connectivity index (χ0n) is 8.83. The first kappa shape index (κ1) is 11.9. The molecule has 0 aliphatic rings. The molecule has 0 rings (SSSR count). The molecule has 0 aromatic rings. The highest BCUT2D eigenvalue weighted by molar-refractivity contribution is 5.91. The smallest absolute Gasteiger partial charge is 0.337 e. The van der Waals surface area contributed by atoms with Gasteiger partial charge in [-0.05, 0) is 19.8 Å². The minimum absolute atomic E-state index is 0.241. The van der Waals surface area contributed by atoms with Crippen molar-refractivity contribution in [2.75, 3.05) is 6.61 Å². The molecule has 0 aromatic heterocycles. The van der Waals surface area contributed by atoms with Crippen LogP contribution < -0.4 is 0 Å². The Bertz CT molecular complexity index is 212. The van der Waals surface area contributed by atoms with Gasteiger partial charge in [-0.2, -0.15) is 0 Å². The number of rotatable bonds is 4. The van der Waals surface area contributed by atoms with Crippen molar-refractivity contribution in [2.45, 2.75) is 27.7 Å². The van der Waals surface area contributed by atoms with Crippen molar-refractivity contribution in [1.82, 2.24) is 0 Å². The highest BCUT2D eigenvalue weighted by Gasteiger charge is 2.06. The fourth-order valence-corrected chi connectivity index (χ4v) is 0.945. The molecule has 2 heteroatoms. The van der Waals surface area contributed by atoms with Crippen molar-refractivity contribution in [3.63, 3.8) is 0 Å². The zero-order valence-corrected chi connectivity index (χ0v) is 8.83. The second-order valence-electron chi connectivity index (χ2n) is 3.09. The van der Waals surface area contributed by atoms with Crippen molar-refractivity contribution in [2.24, 2.45) is 5.92 Å². The van der Waals surface area contributed by atoms with Crippen LogP contribution in [-0.2, 0) is 9.53 Å². The fourth-order valence-electron chi connectivity index (χ4n) is 0.945. The Morgan fingerprint density at radius 1 is 1.46 bits per heavy atom. The second-order valence-corrected chi connectivity index (χ2v) is 3.09. The van der Waals surface area contributed by atoms with Crippen LogP contribution in [0, 0.1) is 5.92 Å². The van der Waals surface area contributed by atoms with Crippen LogP contribution in [0.4, 0.5) is 0 Å². The van der Waals surface area contributed by atoms with Crippen molar-refractivity contribution >= 4 is 5.97 Å². The number of carbonyl (C=O) groups excluding carboxylic acids is 1. The summed E-state index contributed by atoms with van der Waals surface area (Å²) in [7, 11) is 0. The lowest BCUT2D eigenvalue weighted by atomic mass is 10.1. The van der Waals surface area contributed by atoms with E-state index < -0.39 is 0 Å². The van der Waals surface area contributed by atoms with Crippen LogP contribution >= 0.6 is 0 Å². The van der Waals surface area contributed by atoms with Crippen LogP contribution in [-0.4, -0.2) is 12.6 Å². The van der Waals surface area contributed by atoms with Crippen LogP contribution in [0.1, 0.15) is 27.7 Å². The van der Waals surface area contributed by atoms with E-state index in [-0.39, 0.29) is 5.97 Å². The number of hydrogen-bond donors (Lipinski definition) is 0. The first-order valence-electron chi connectivity index (χ1n) is 4.63. The van der Waals surface area contributed by atoms with Gasteiger partial charge in [0.15, 0.2) is 0 Å². The molecule has 74 valence electrons. The molecule has 2 nitrogen and oxygen atoms in total. The lowest BCUT2D eigenvalue weighted by Crippen LogP contribution is -2.06. The van der Waals surface area contributed by atoms with Crippen molar-refractivity contribution in [3.05, 3.63) is 23.8 Å². The molecular weight excluding hydrogens is 164 g/mol. The molecule has 0 heterocycles. The van der Waals surface area contributed by atoms with Crippen LogP contribution in [0.2, 0.25) is 0 Å². The molecule has 0 saturated carbocycles. The minimum atomic E-state index is -0.241. The fraction of sp³-hybridized carbons (Fsp3) is 0.545. The third-order valence-electron chi connectivity index (χ3n) is 1.37. The van der Waals surface area contributed by atoms with E-state index in [1.807, 2.05) is 32.9 Å². The molecule has 0 fully saturated rings. The van der Waals surface area contributed by atoms with Gasteiger partial charge < -0.3 is 4.74 Å². The predicted molar refractivity (Wildman–Crippen MR) is 54.4 cm³/mol. The van der Waals surface area contributed by atoms with Gasteiger partial charge >= 0.3 is 5.97 Å². The van der Waals surface area contributed by atoms with E-state index >= 15 is 0 Å². The van der Waals surface area contributed by atoms with Gasteiger partial charge in [0, 0.05) is 0 Å². The Hall–Kier alpha value is -1.05. The highest BCUT2D eigenvalue weighted by Crippen LogP contribution is 2.06. The van der Waals surface area contributed by atoms with Gasteiger partial charge in [0.2, 0.25) is 0 Å². The predicted octanol–water partition coefficient (Wildman–Crippen LogP) is 2.71. The van der Waals surface area contributed by atoms with E-state index in [1.165, 1.54) is 0 Å². The molecule has 13 heavy (non-hydrogen) atoms. The molecule has 0 unspecified atom stereocenters. The number of allylic oxidation sites excluding steroid dienone is 2. The Labute approximate surface area is 80.3 Å². The third-order valence-corrected chi connectivity index (χ3v) is 1.37. The SMILES string of the molecule is C/C=C\C(=C/C(C)C)C(=O)OCC. The Morgan fingerprint density at radius 3 is 2.46 bits per heavy atom. The number of carbonyl (C=O) groups is 1.